The van der Waals surface area contributed by atoms with Crippen LogP contribution in [0.4, 0.5) is 0 Å². The van der Waals surface area contributed by atoms with Crippen LogP contribution in [0.3, 0.4) is 0 Å². The fraction of sp³-hybridized carbons (Fsp3) is 0.278. The molecule has 1 atom stereocenters. The third-order valence-corrected chi connectivity index (χ3v) is 3.46. The van der Waals surface area contributed by atoms with Gasteiger partial charge in [-0.2, -0.15) is 5.26 Å². The first-order valence-corrected chi connectivity index (χ1v) is 6.96. The maximum atomic E-state index is 10.3. The highest BCUT2D eigenvalue weighted by atomic mass is 16.5. The number of nitrogens with zero attached hydrogens (tertiary/aromatic N) is 1. The average molecular weight is 281 g/mol. The molecule has 1 unspecified atom stereocenters. The van der Waals surface area contributed by atoms with Crippen LogP contribution in [0.15, 0.2) is 48.5 Å². The molecule has 0 fully saturated rings. The summed E-state index contributed by atoms with van der Waals surface area (Å²) in [4.78, 5) is 0. The summed E-state index contributed by atoms with van der Waals surface area (Å²) in [6.45, 7) is 3.75. The number of ether oxygens (including phenoxy) is 1. The third-order valence-electron chi connectivity index (χ3n) is 3.46. The van der Waals surface area contributed by atoms with Gasteiger partial charge in [0, 0.05) is 6.42 Å². The first-order valence-electron chi connectivity index (χ1n) is 6.96. The number of hydrogen-bond donors (Lipinski definition) is 1. The second-order valence-electron chi connectivity index (χ2n) is 5.37. The number of benzene rings is 2. The average Bonchev–Trinajstić information content (AvgIpc) is 2.48. The van der Waals surface area contributed by atoms with E-state index in [1.807, 2.05) is 55.5 Å². The maximum Gasteiger partial charge on any atom is 0.127 e. The largest absolute Gasteiger partial charge is 0.457 e. The summed E-state index contributed by atoms with van der Waals surface area (Å²) in [6, 6.07) is 17.2. The lowest BCUT2D eigenvalue weighted by molar-refractivity contribution is 0.0492. The zero-order valence-electron chi connectivity index (χ0n) is 12.3. The Labute approximate surface area is 125 Å². The van der Waals surface area contributed by atoms with Crippen LogP contribution in [0.2, 0.25) is 0 Å². The molecule has 3 heteroatoms. The molecule has 0 radical (unpaired) electrons. The van der Waals surface area contributed by atoms with Crippen molar-refractivity contribution >= 4 is 0 Å². The van der Waals surface area contributed by atoms with Gasteiger partial charge in [0.05, 0.1) is 11.7 Å². The molecular formula is C18H19NO2. The lowest BCUT2D eigenvalue weighted by atomic mass is 9.91. The van der Waals surface area contributed by atoms with E-state index >= 15 is 0 Å². The summed E-state index contributed by atoms with van der Waals surface area (Å²) in [5.74, 6) is 1.50. The van der Waals surface area contributed by atoms with E-state index in [0.29, 0.717) is 12.8 Å². The van der Waals surface area contributed by atoms with Gasteiger partial charge >= 0.3 is 0 Å². The van der Waals surface area contributed by atoms with Crippen LogP contribution in [-0.4, -0.2) is 5.11 Å². The van der Waals surface area contributed by atoms with Gasteiger partial charge in [-0.15, -0.1) is 0 Å². The molecule has 2 rings (SSSR count). The summed E-state index contributed by atoms with van der Waals surface area (Å²) in [6.07, 6.45) is 0.746. The molecule has 0 amide bonds. The van der Waals surface area contributed by atoms with Crippen molar-refractivity contribution < 1.29 is 9.84 Å². The maximum absolute atomic E-state index is 10.3. The summed E-state index contributed by atoms with van der Waals surface area (Å²) in [5.41, 5.74) is 0.984. The van der Waals surface area contributed by atoms with Crippen LogP contribution in [0.25, 0.3) is 0 Å². The Morgan fingerprint density at radius 3 is 2.10 bits per heavy atom. The molecule has 0 aliphatic rings. The molecule has 0 saturated heterocycles. The van der Waals surface area contributed by atoms with Gasteiger partial charge < -0.3 is 9.84 Å². The van der Waals surface area contributed by atoms with Crippen LogP contribution in [0.1, 0.15) is 30.9 Å². The van der Waals surface area contributed by atoms with Crippen molar-refractivity contribution in [2.75, 3.05) is 0 Å². The number of aryl methyl sites for hydroxylation is 1. The van der Waals surface area contributed by atoms with Gasteiger partial charge in [0.15, 0.2) is 0 Å². The minimum Gasteiger partial charge on any atom is -0.457 e. The van der Waals surface area contributed by atoms with Gasteiger partial charge in [0.1, 0.15) is 11.5 Å². The molecule has 2 aromatic rings. The van der Waals surface area contributed by atoms with Gasteiger partial charge in [-0.05, 0) is 50.1 Å². The van der Waals surface area contributed by atoms with E-state index in [2.05, 4.69) is 6.07 Å². The normalized spacial score (nSPS) is 13.2. The first-order chi connectivity index (χ1) is 10.0. The Hall–Kier alpha value is -2.31. The molecule has 0 aliphatic carbocycles. The molecule has 1 N–H and O–H groups in total. The molecular weight excluding hydrogens is 262 g/mol. The Morgan fingerprint density at radius 1 is 1.05 bits per heavy atom. The van der Waals surface area contributed by atoms with Crippen LogP contribution >= 0.6 is 0 Å². The van der Waals surface area contributed by atoms with Crippen molar-refractivity contribution in [1.82, 2.24) is 0 Å². The van der Waals surface area contributed by atoms with Crippen LogP contribution < -0.4 is 4.74 Å². The van der Waals surface area contributed by atoms with Gasteiger partial charge in [-0.3, -0.25) is 0 Å². The number of rotatable bonds is 5. The molecule has 0 spiro atoms. The fourth-order valence-corrected chi connectivity index (χ4v) is 2.07. The minimum absolute atomic E-state index is 0.328. The Bertz CT molecular complexity index is 622. The van der Waals surface area contributed by atoms with Crippen molar-refractivity contribution in [3.05, 3.63) is 59.7 Å². The van der Waals surface area contributed by atoms with E-state index in [0.717, 1.165) is 17.1 Å². The van der Waals surface area contributed by atoms with Crippen molar-refractivity contribution in [3.8, 4) is 17.6 Å². The van der Waals surface area contributed by atoms with Gasteiger partial charge in [0.2, 0.25) is 0 Å². The molecule has 0 aliphatic heterocycles. The van der Waals surface area contributed by atoms with Crippen molar-refractivity contribution in [1.29, 1.82) is 5.26 Å². The van der Waals surface area contributed by atoms with Crippen LogP contribution in [-0.2, 0) is 5.60 Å². The van der Waals surface area contributed by atoms with Crippen LogP contribution in [0.5, 0.6) is 11.5 Å². The fourth-order valence-electron chi connectivity index (χ4n) is 2.07. The van der Waals surface area contributed by atoms with E-state index in [4.69, 9.17) is 10.00 Å². The molecule has 21 heavy (non-hydrogen) atoms. The van der Waals surface area contributed by atoms with Gasteiger partial charge in [0.25, 0.3) is 0 Å². The standard InChI is InChI=1S/C18H19NO2/c1-14-4-8-16(9-5-14)21-17-10-6-15(7-11-17)18(2,20)12-3-13-19/h4-11,20H,3,12H2,1-2H3. The number of aliphatic hydroxyl groups is 1. The van der Waals surface area contributed by atoms with E-state index in [1.165, 1.54) is 5.56 Å². The Kier molecular flexibility index (Phi) is 4.62. The minimum atomic E-state index is -0.988. The molecule has 3 nitrogen and oxygen atoms in total. The molecule has 0 saturated carbocycles. The second kappa shape index (κ2) is 6.43. The highest BCUT2D eigenvalue weighted by Crippen LogP contribution is 2.29. The van der Waals surface area contributed by atoms with Crippen LogP contribution in [0, 0.1) is 18.3 Å². The third kappa shape index (κ3) is 4.08. The zero-order valence-corrected chi connectivity index (χ0v) is 12.3. The van der Waals surface area contributed by atoms with Crippen molar-refractivity contribution in [3.63, 3.8) is 0 Å². The lowest BCUT2D eigenvalue weighted by Crippen LogP contribution is -2.20. The van der Waals surface area contributed by atoms with Crippen molar-refractivity contribution in [2.24, 2.45) is 0 Å². The highest BCUT2D eigenvalue weighted by molar-refractivity contribution is 5.35. The lowest BCUT2D eigenvalue weighted by Gasteiger charge is -2.22. The molecule has 0 aromatic heterocycles. The van der Waals surface area contributed by atoms with Gasteiger partial charge in [-0.1, -0.05) is 29.8 Å². The number of nitriles is 1. The van der Waals surface area contributed by atoms with Crippen molar-refractivity contribution in [2.45, 2.75) is 32.3 Å². The van der Waals surface area contributed by atoms with E-state index in [9.17, 15) is 5.11 Å². The SMILES string of the molecule is Cc1ccc(Oc2ccc(C(C)(O)CCC#N)cc2)cc1. The smallest absolute Gasteiger partial charge is 0.127 e. The van der Waals surface area contributed by atoms with E-state index in [-0.39, 0.29) is 0 Å². The highest BCUT2D eigenvalue weighted by Gasteiger charge is 2.22. The molecule has 0 bridgehead atoms. The van der Waals surface area contributed by atoms with E-state index < -0.39 is 5.60 Å². The predicted molar refractivity (Wildman–Crippen MR) is 82.1 cm³/mol. The molecule has 108 valence electrons. The predicted octanol–water partition coefficient (Wildman–Crippen LogP) is 4.30. The monoisotopic (exact) mass is 281 g/mol. The zero-order chi connectivity index (χ0) is 15.3. The quantitative estimate of drug-likeness (QED) is 0.889. The van der Waals surface area contributed by atoms with E-state index in [1.54, 1.807) is 6.92 Å². The summed E-state index contributed by atoms with van der Waals surface area (Å²) >= 11 is 0. The topological polar surface area (TPSA) is 53.2 Å². The summed E-state index contributed by atoms with van der Waals surface area (Å²) in [5, 5.41) is 19.0. The Morgan fingerprint density at radius 2 is 1.57 bits per heavy atom. The first kappa shape index (κ1) is 15.1. The van der Waals surface area contributed by atoms with Gasteiger partial charge in [-0.25, -0.2) is 0 Å². The second-order valence-corrected chi connectivity index (χ2v) is 5.37. The molecule has 0 heterocycles. The summed E-state index contributed by atoms with van der Waals surface area (Å²) < 4.78 is 5.75. The molecule has 2 aromatic carbocycles. The summed E-state index contributed by atoms with van der Waals surface area (Å²) in [7, 11) is 0. The Balaban J connectivity index is 2.08. The number of hydrogen-bond acceptors (Lipinski definition) is 3.